The topological polar surface area (TPSA) is 93.8 Å². The van der Waals surface area contributed by atoms with Crippen molar-refractivity contribution >= 4 is 17.7 Å². The molecule has 0 aromatic carbocycles. The summed E-state index contributed by atoms with van der Waals surface area (Å²) in [5.41, 5.74) is 7.50. The Morgan fingerprint density at radius 1 is 1.38 bits per heavy atom. The number of ether oxygens (including phenoxy) is 1. The van der Waals surface area contributed by atoms with Gasteiger partial charge in [-0.2, -0.15) is 5.10 Å². The molecular weight excluding hydrogens is 270 g/mol. The Kier molecular flexibility index (Phi) is 6.65. The number of nitrogens with two attached hydrogens (primary N) is 1. The van der Waals surface area contributed by atoms with Gasteiger partial charge in [0, 0.05) is 5.71 Å². The number of carbonyl (C=O) groups excluding carboxylic acids is 2. The van der Waals surface area contributed by atoms with Crippen LogP contribution in [0.2, 0.25) is 0 Å². The van der Waals surface area contributed by atoms with Crippen molar-refractivity contribution in [2.24, 2.45) is 28.6 Å². The van der Waals surface area contributed by atoms with Gasteiger partial charge in [0.05, 0.1) is 6.42 Å². The van der Waals surface area contributed by atoms with Crippen molar-refractivity contribution in [3.8, 4) is 0 Å². The SMILES string of the molecule is C/C(CC(=O)O[C@@H]1C[C@H](C)CC[C@H]1C(C)C)=N\NC(N)=O. The van der Waals surface area contributed by atoms with Crippen LogP contribution in [0.1, 0.15) is 53.4 Å². The van der Waals surface area contributed by atoms with E-state index in [-0.39, 0.29) is 18.5 Å². The fourth-order valence-corrected chi connectivity index (χ4v) is 2.86. The van der Waals surface area contributed by atoms with Crippen LogP contribution in [-0.2, 0) is 9.53 Å². The zero-order chi connectivity index (χ0) is 16.0. The highest BCUT2D eigenvalue weighted by molar-refractivity contribution is 5.97. The molecule has 1 aliphatic carbocycles. The second-order valence-electron chi connectivity index (χ2n) is 6.35. The fraction of sp³-hybridized carbons (Fsp3) is 0.800. The predicted molar refractivity (Wildman–Crippen MR) is 81.7 cm³/mol. The van der Waals surface area contributed by atoms with Crippen molar-refractivity contribution in [2.75, 3.05) is 0 Å². The predicted octanol–water partition coefficient (Wildman–Crippen LogP) is 2.42. The van der Waals surface area contributed by atoms with Gasteiger partial charge in [0.1, 0.15) is 6.10 Å². The van der Waals surface area contributed by atoms with Crippen molar-refractivity contribution in [1.82, 2.24) is 5.43 Å². The lowest BCUT2D eigenvalue weighted by molar-refractivity contribution is -0.154. The lowest BCUT2D eigenvalue weighted by Gasteiger charge is -2.36. The maximum Gasteiger partial charge on any atom is 0.332 e. The van der Waals surface area contributed by atoms with Crippen LogP contribution < -0.4 is 11.2 Å². The van der Waals surface area contributed by atoms with Crippen molar-refractivity contribution < 1.29 is 14.3 Å². The number of hydrazone groups is 1. The molecule has 3 N–H and O–H groups in total. The Morgan fingerprint density at radius 2 is 2.05 bits per heavy atom. The molecular formula is C15H27N3O3. The van der Waals surface area contributed by atoms with E-state index in [1.807, 2.05) is 0 Å². The molecule has 1 aliphatic rings. The van der Waals surface area contributed by atoms with Crippen molar-refractivity contribution in [2.45, 2.75) is 59.5 Å². The van der Waals surface area contributed by atoms with E-state index < -0.39 is 6.03 Å². The maximum atomic E-state index is 12.0. The van der Waals surface area contributed by atoms with Crippen LogP contribution in [0.15, 0.2) is 5.10 Å². The summed E-state index contributed by atoms with van der Waals surface area (Å²) in [5, 5.41) is 3.72. The molecule has 0 bridgehead atoms. The molecule has 21 heavy (non-hydrogen) atoms. The minimum atomic E-state index is -0.747. The number of nitrogens with zero attached hydrogens (tertiary/aromatic N) is 1. The lowest BCUT2D eigenvalue weighted by atomic mass is 9.75. The van der Waals surface area contributed by atoms with Crippen molar-refractivity contribution in [3.63, 3.8) is 0 Å². The van der Waals surface area contributed by atoms with Gasteiger partial charge in [0.15, 0.2) is 0 Å². The highest BCUT2D eigenvalue weighted by Crippen LogP contribution is 2.35. The first kappa shape index (κ1) is 17.5. The van der Waals surface area contributed by atoms with E-state index >= 15 is 0 Å². The van der Waals surface area contributed by atoms with Crippen LogP contribution in [0, 0.1) is 17.8 Å². The van der Waals surface area contributed by atoms with E-state index in [9.17, 15) is 9.59 Å². The normalized spacial score (nSPS) is 26.5. The van der Waals surface area contributed by atoms with E-state index in [1.54, 1.807) is 6.92 Å². The molecule has 6 heteroatoms. The maximum absolute atomic E-state index is 12.0. The molecule has 6 nitrogen and oxygen atoms in total. The Bertz CT molecular complexity index is 407. The number of hydrogen-bond acceptors (Lipinski definition) is 4. The van der Waals surface area contributed by atoms with Crippen molar-refractivity contribution in [3.05, 3.63) is 0 Å². The zero-order valence-electron chi connectivity index (χ0n) is 13.4. The molecule has 0 heterocycles. The summed E-state index contributed by atoms with van der Waals surface area (Å²) in [5.74, 6) is 1.21. The van der Waals surface area contributed by atoms with Crippen LogP contribution >= 0.6 is 0 Å². The Labute approximate surface area is 126 Å². The second kappa shape index (κ2) is 8.00. The fourth-order valence-electron chi connectivity index (χ4n) is 2.86. The van der Waals surface area contributed by atoms with Gasteiger partial charge in [-0.1, -0.05) is 27.2 Å². The van der Waals surface area contributed by atoms with E-state index in [1.165, 1.54) is 6.42 Å². The number of rotatable bonds is 5. The van der Waals surface area contributed by atoms with Gasteiger partial charge in [0.2, 0.25) is 0 Å². The van der Waals surface area contributed by atoms with Gasteiger partial charge in [0.25, 0.3) is 0 Å². The zero-order valence-corrected chi connectivity index (χ0v) is 13.4. The number of primary amides is 1. The largest absolute Gasteiger partial charge is 0.462 e. The number of esters is 1. The molecule has 0 unspecified atom stereocenters. The molecule has 2 amide bonds. The van der Waals surface area contributed by atoms with E-state index in [0.717, 1.165) is 12.8 Å². The Balaban J connectivity index is 2.54. The molecule has 0 aliphatic heterocycles. The smallest absolute Gasteiger partial charge is 0.332 e. The van der Waals surface area contributed by atoms with Crippen LogP contribution in [-0.4, -0.2) is 23.8 Å². The third kappa shape index (κ3) is 6.14. The van der Waals surface area contributed by atoms with Gasteiger partial charge >= 0.3 is 12.0 Å². The van der Waals surface area contributed by atoms with Gasteiger partial charge in [-0.3, -0.25) is 4.79 Å². The van der Waals surface area contributed by atoms with E-state index in [2.05, 4.69) is 31.3 Å². The molecule has 0 spiro atoms. The summed E-state index contributed by atoms with van der Waals surface area (Å²) in [4.78, 5) is 22.5. The summed E-state index contributed by atoms with van der Waals surface area (Å²) >= 11 is 0. The summed E-state index contributed by atoms with van der Waals surface area (Å²) in [7, 11) is 0. The minimum absolute atomic E-state index is 0.0156. The molecule has 120 valence electrons. The number of amides is 2. The molecule has 1 rings (SSSR count). The molecule has 1 saturated carbocycles. The molecule has 3 atom stereocenters. The highest BCUT2D eigenvalue weighted by atomic mass is 16.5. The van der Waals surface area contributed by atoms with Crippen LogP contribution in [0.3, 0.4) is 0 Å². The van der Waals surface area contributed by atoms with Gasteiger partial charge in [-0.05, 0) is 37.5 Å². The third-order valence-corrected chi connectivity index (χ3v) is 4.00. The third-order valence-electron chi connectivity index (χ3n) is 4.00. The standard InChI is InChI=1S/C15H27N3O3/c1-9(2)12-6-5-10(3)7-13(12)21-14(19)8-11(4)17-18-15(16)20/h9-10,12-13H,5-8H2,1-4H3,(H3,16,18,20)/b17-11+/t10-,12+,13-/m1/s1. The van der Waals surface area contributed by atoms with Crippen LogP contribution in [0.25, 0.3) is 0 Å². The van der Waals surface area contributed by atoms with E-state index in [4.69, 9.17) is 10.5 Å². The van der Waals surface area contributed by atoms with Crippen LogP contribution in [0.5, 0.6) is 0 Å². The lowest BCUT2D eigenvalue weighted by Crippen LogP contribution is -2.36. The Morgan fingerprint density at radius 3 is 2.62 bits per heavy atom. The minimum Gasteiger partial charge on any atom is -0.462 e. The first-order valence-corrected chi connectivity index (χ1v) is 7.57. The van der Waals surface area contributed by atoms with Crippen molar-refractivity contribution in [1.29, 1.82) is 0 Å². The number of nitrogens with one attached hydrogen (secondary N) is 1. The summed E-state index contributed by atoms with van der Waals surface area (Å²) in [6.07, 6.45) is 3.27. The summed E-state index contributed by atoms with van der Waals surface area (Å²) in [6, 6.07) is -0.747. The van der Waals surface area contributed by atoms with Gasteiger partial charge in [-0.25, -0.2) is 10.2 Å². The summed E-state index contributed by atoms with van der Waals surface area (Å²) < 4.78 is 5.65. The number of carbonyl (C=O) groups is 2. The number of hydrogen-bond donors (Lipinski definition) is 2. The summed E-state index contributed by atoms with van der Waals surface area (Å²) in [6.45, 7) is 8.19. The second-order valence-corrected chi connectivity index (χ2v) is 6.35. The molecule has 0 aromatic heterocycles. The molecule has 0 aromatic rings. The number of urea groups is 1. The molecule has 0 saturated heterocycles. The van der Waals surface area contributed by atoms with Crippen LogP contribution in [0.4, 0.5) is 4.79 Å². The molecule has 0 radical (unpaired) electrons. The first-order valence-electron chi connectivity index (χ1n) is 7.57. The highest BCUT2D eigenvalue weighted by Gasteiger charge is 2.33. The molecule has 1 fully saturated rings. The average Bonchev–Trinajstić information content (AvgIpc) is 2.35. The van der Waals surface area contributed by atoms with Gasteiger partial charge in [-0.15, -0.1) is 0 Å². The average molecular weight is 297 g/mol. The Hall–Kier alpha value is -1.59. The van der Waals surface area contributed by atoms with E-state index in [0.29, 0.717) is 23.5 Å². The quantitative estimate of drug-likeness (QED) is 0.463. The van der Waals surface area contributed by atoms with Gasteiger partial charge < -0.3 is 10.5 Å². The first-order chi connectivity index (χ1) is 9.79. The monoisotopic (exact) mass is 297 g/mol.